The zero-order valence-electron chi connectivity index (χ0n) is 5.21. The van der Waals surface area contributed by atoms with E-state index in [-0.39, 0.29) is 5.82 Å². The molecule has 2 rings (SSSR count). The van der Waals surface area contributed by atoms with Gasteiger partial charge in [0.1, 0.15) is 5.82 Å². The van der Waals surface area contributed by atoms with Crippen LogP contribution in [0.3, 0.4) is 0 Å². The van der Waals surface area contributed by atoms with E-state index in [1.165, 1.54) is 12.1 Å². The SMILES string of the molecule is Fc1cc2cc-2c1.OBO. The molecule has 0 unspecified atom stereocenters. The molecule has 0 atom stereocenters. The van der Waals surface area contributed by atoms with Gasteiger partial charge in [-0.05, 0) is 29.3 Å². The van der Waals surface area contributed by atoms with Gasteiger partial charge in [-0.2, -0.15) is 0 Å². The molecule has 0 saturated heterocycles. The van der Waals surface area contributed by atoms with Crippen molar-refractivity contribution in [1.29, 1.82) is 0 Å². The first-order valence-corrected chi connectivity index (χ1v) is 2.80. The van der Waals surface area contributed by atoms with Crippen molar-refractivity contribution in [2.75, 3.05) is 0 Å². The molecule has 10 heavy (non-hydrogen) atoms. The Balaban J connectivity index is 0.000000148. The number of halogens is 1. The van der Waals surface area contributed by atoms with Crippen molar-refractivity contribution < 1.29 is 14.4 Å². The molecule has 2 aliphatic carbocycles. The fraction of sp³-hybridized carbons (Fsp3) is 0. The molecule has 0 aromatic carbocycles. The predicted octanol–water partition coefficient (Wildman–Crippen LogP) is 0.0436. The van der Waals surface area contributed by atoms with Crippen LogP contribution in [-0.2, 0) is 0 Å². The normalized spacial score (nSPS) is 9.50. The van der Waals surface area contributed by atoms with E-state index in [2.05, 4.69) is 0 Å². The third kappa shape index (κ3) is 1.56. The van der Waals surface area contributed by atoms with Crippen molar-refractivity contribution in [3.05, 3.63) is 24.0 Å². The molecule has 0 aromatic heterocycles. The first-order valence-electron chi connectivity index (χ1n) is 2.80. The molecule has 0 amide bonds. The Hall–Kier alpha value is -0.865. The van der Waals surface area contributed by atoms with Crippen molar-refractivity contribution in [1.82, 2.24) is 0 Å². The van der Waals surface area contributed by atoms with E-state index in [0.717, 1.165) is 11.1 Å². The van der Waals surface area contributed by atoms with Gasteiger partial charge >= 0.3 is 7.69 Å². The molecule has 0 aromatic rings. The highest BCUT2D eigenvalue weighted by molar-refractivity contribution is 6.13. The van der Waals surface area contributed by atoms with Crippen LogP contribution in [0.1, 0.15) is 0 Å². The quantitative estimate of drug-likeness (QED) is 0.507. The Labute approximate surface area is 58.2 Å². The Morgan fingerprint density at radius 3 is 1.70 bits per heavy atom. The molecule has 0 radical (unpaired) electrons. The van der Waals surface area contributed by atoms with Crippen molar-refractivity contribution in [3.8, 4) is 11.1 Å². The van der Waals surface area contributed by atoms with Crippen LogP contribution < -0.4 is 0 Å². The van der Waals surface area contributed by atoms with E-state index in [9.17, 15) is 4.39 Å². The smallest absolute Gasteiger partial charge is 0.430 e. The minimum Gasteiger partial charge on any atom is -0.430 e. The summed E-state index contributed by atoms with van der Waals surface area (Å²) < 4.78 is 11.9. The lowest BCUT2D eigenvalue weighted by Crippen LogP contribution is -1.75. The average molecular weight is 140 g/mol. The van der Waals surface area contributed by atoms with Crippen LogP contribution in [0.2, 0.25) is 0 Å². The van der Waals surface area contributed by atoms with Crippen molar-refractivity contribution in [2.45, 2.75) is 0 Å². The second-order valence-corrected chi connectivity index (χ2v) is 1.87. The lowest BCUT2D eigenvalue weighted by molar-refractivity contribution is 0.448. The molecule has 2 nitrogen and oxygen atoms in total. The van der Waals surface area contributed by atoms with Gasteiger partial charge in [0.2, 0.25) is 0 Å². The molecule has 4 heteroatoms. The predicted molar refractivity (Wildman–Crippen MR) is 37.0 cm³/mol. The third-order valence-corrected chi connectivity index (χ3v) is 1.15. The van der Waals surface area contributed by atoms with Gasteiger partial charge in [0.25, 0.3) is 0 Å². The lowest BCUT2D eigenvalue weighted by atomic mass is 10.5. The summed E-state index contributed by atoms with van der Waals surface area (Å²) >= 11 is 0. The first kappa shape index (κ1) is 7.24. The van der Waals surface area contributed by atoms with Crippen LogP contribution >= 0.6 is 0 Å². The van der Waals surface area contributed by atoms with Gasteiger partial charge in [-0.1, -0.05) is 0 Å². The Kier molecular flexibility index (Phi) is 2.04. The average Bonchev–Trinajstić information content (AvgIpc) is 2.42. The minimum absolute atomic E-state index is 0.104. The van der Waals surface area contributed by atoms with Crippen molar-refractivity contribution in [2.24, 2.45) is 0 Å². The highest BCUT2D eigenvalue weighted by Gasteiger charge is 2.12. The Morgan fingerprint density at radius 2 is 1.50 bits per heavy atom. The third-order valence-electron chi connectivity index (χ3n) is 1.15. The van der Waals surface area contributed by atoms with Crippen LogP contribution in [-0.4, -0.2) is 17.7 Å². The monoisotopic (exact) mass is 140 g/mol. The Morgan fingerprint density at radius 1 is 1.10 bits per heavy atom. The molecular weight excluding hydrogens is 134 g/mol. The van der Waals surface area contributed by atoms with Crippen LogP contribution in [0.4, 0.5) is 4.39 Å². The maximum atomic E-state index is 11.9. The molecule has 0 spiro atoms. The number of fused-ring (bicyclic) bond motifs is 1. The molecular formula is C6H6BFO2. The van der Waals surface area contributed by atoms with Gasteiger partial charge in [0.15, 0.2) is 0 Å². The summed E-state index contributed by atoms with van der Waals surface area (Å²) in [5.41, 5.74) is 2.13. The maximum absolute atomic E-state index is 11.9. The first-order chi connectivity index (χ1) is 4.77. The van der Waals surface area contributed by atoms with Crippen molar-refractivity contribution in [3.63, 3.8) is 0 Å². The van der Waals surface area contributed by atoms with E-state index in [1.54, 1.807) is 0 Å². The van der Waals surface area contributed by atoms with Crippen LogP contribution in [0.5, 0.6) is 0 Å². The molecule has 2 aliphatic rings. The topological polar surface area (TPSA) is 40.5 Å². The second kappa shape index (κ2) is 2.81. The molecule has 0 bridgehead atoms. The largest absolute Gasteiger partial charge is 0.432 e. The molecule has 0 heterocycles. The molecule has 0 saturated carbocycles. The van der Waals surface area contributed by atoms with E-state index in [4.69, 9.17) is 10.0 Å². The second-order valence-electron chi connectivity index (χ2n) is 1.87. The Bertz CT molecular complexity index is 219. The standard InChI is InChI=1S/C6H3F.BH3O2/c7-6-2-4-1-5(4)3-6;2-1-3/h1-3H;1-3H. The zero-order chi connectivity index (χ0) is 7.56. The van der Waals surface area contributed by atoms with E-state index >= 15 is 0 Å². The van der Waals surface area contributed by atoms with Gasteiger partial charge < -0.3 is 10.0 Å². The summed E-state index contributed by atoms with van der Waals surface area (Å²) in [7, 11) is -0.750. The van der Waals surface area contributed by atoms with E-state index < -0.39 is 7.69 Å². The number of hydrogen-bond acceptors (Lipinski definition) is 2. The van der Waals surface area contributed by atoms with Gasteiger partial charge in [0.05, 0.1) is 0 Å². The lowest BCUT2D eigenvalue weighted by Gasteiger charge is -1.64. The molecule has 0 aliphatic heterocycles. The molecule has 2 N–H and O–H groups in total. The summed E-state index contributed by atoms with van der Waals surface area (Å²) in [6.07, 6.45) is 0. The number of benzene rings is 1. The summed E-state index contributed by atoms with van der Waals surface area (Å²) in [5, 5.41) is 14.2. The summed E-state index contributed by atoms with van der Waals surface area (Å²) in [6, 6.07) is 5.02. The van der Waals surface area contributed by atoms with E-state index in [1.807, 2.05) is 6.07 Å². The minimum atomic E-state index is -0.750. The number of hydrogen-bond donors (Lipinski definition) is 2. The highest BCUT2D eigenvalue weighted by atomic mass is 19.1. The molecule has 0 fully saturated rings. The fourth-order valence-corrected chi connectivity index (χ4v) is 0.720. The fourth-order valence-electron chi connectivity index (χ4n) is 0.720. The van der Waals surface area contributed by atoms with Crippen molar-refractivity contribution >= 4 is 7.69 Å². The summed E-state index contributed by atoms with van der Waals surface area (Å²) in [6.45, 7) is 0. The summed E-state index contributed by atoms with van der Waals surface area (Å²) in [4.78, 5) is 0. The zero-order valence-corrected chi connectivity index (χ0v) is 5.21. The number of rotatable bonds is 0. The highest BCUT2D eigenvalue weighted by Crippen LogP contribution is 2.34. The van der Waals surface area contributed by atoms with Gasteiger partial charge in [0, 0.05) is 0 Å². The van der Waals surface area contributed by atoms with Gasteiger partial charge in [-0.3, -0.25) is 0 Å². The van der Waals surface area contributed by atoms with Crippen LogP contribution in [0.15, 0.2) is 18.2 Å². The maximum Gasteiger partial charge on any atom is 0.432 e. The van der Waals surface area contributed by atoms with Gasteiger partial charge in [-0.15, -0.1) is 0 Å². The van der Waals surface area contributed by atoms with Crippen LogP contribution in [0, 0.1) is 5.82 Å². The summed E-state index contributed by atoms with van der Waals surface area (Å²) in [5.74, 6) is -0.104. The van der Waals surface area contributed by atoms with E-state index in [0.29, 0.717) is 0 Å². The van der Waals surface area contributed by atoms with Gasteiger partial charge in [-0.25, -0.2) is 4.39 Å². The van der Waals surface area contributed by atoms with Crippen LogP contribution in [0.25, 0.3) is 11.1 Å². The molecule has 52 valence electrons.